The minimum atomic E-state index is -4.71. The first-order valence-electron chi connectivity index (χ1n) is 10.9. The molecule has 6 nitrogen and oxygen atoms in total. The summed E-state index contributed by atoms with van der Waals surface area (Å²) in [7, 11) is 0. The van der Waals surface area contributed by atoms with Crippen LogP contribution in [0.1, 0.15) is 54.1 Å². The second-order valence-corrected chi connectivity index (χ2v) is 8.08. The Morgan fingerprint density at radius 1 is 1.06 bits per heavy atom. The van der Waals surface area contributed by atoms with Crippen LogP contribution < -0.4 is 5.62 Å². The van der Waals surface area contributed by atoms with Crippen molar-refractivity contribution in [3.05, 3.63) is 65.3 Å². The van der Waals surface area contributed by atoms with Gasteiger partial charge >= 0.3 is 6.18 Å². The number of rotatable bonds is 5. The number of hydrogen-bond acceptors (Lipinski definition) is 3. The Morgan fingerprint density at radius 2 is 1.76 bits per heavy atom. The molecule has 2 aromatic carbocycles. The van der Waals surface area contributed by atoms with Crippen LogP contribution in [-0.2, 0) is 17.5 Å². The molecule has 3 aromatic rings. The molecule has 1 atom stereocenters. The highest BCUT2D eigenvalue weighted by atomic mass is 19.4. The van der Waals surface area contributed by atoms with E-state index in [1.54, 1.807) is 27.3 Å². The van der Waals surface area contributed by atoms with E-state index in [1.165, 1.54) is 12.1 Å². The lowest BCUT2D eigenvalue weighted by Crippen LogP contribution is -2.35. The molecule has 9 heteroatoms. The van der Waals surface area contributed by atoms with Gasteiger partial charge in [0, 0.05) is 19.6 Å². The molecule has 0 radical (unpaired) electrons. The molecule has 1 aliphatic carbocycles. The quantitative estimate of drug-likeness (QED) is 0.619. The van der Waals surface area contributed by atoms with E-state index in [0.717, 1.165) is 25.0 Å². The molecule has 0 aliphatic heterocycles. The van der Waals surface area contributed by atoms with Gasteiger partial charge in [0.2, 0.25) is 5.62 Å². The number of carbonyl (C=O) groups excluding carboxylic acids is 2. The lowest BCUT2D eigenvalue weighted by atomic mass is 9.94. The molecule has 1 amide bonds. The number of aromatic nitrogens is 2. The Kier molecular flexibility index (Phi) is 6.51. The van der Waals surface area contributed by atoms with E-state index >= 15 is 0 Å². The average molecular weight is 459 g/mol. The number of amides is 1. The molecule has 0 saturated heterocycles. The normalized spacial score (nSPS) is 17.6. The van der Waals surface area contributed by atoms with Gasteiger partial charge in [0.05, 0.1) is 28.2 Å². The van der Waals surface area contributed by atoms with Gasteiger partial charge in [-0.1, -0.05) is 30.7 Å². The first kappa shape index (κ1) is 23.0. The van der Waals surface area contributed by atoms with Crippen LogP contribution in [-0.4, -0.2) is 32.5 Å². The van der Waals surface area contributed by atoms with E-state index in [4.69, 9.17) is 0 Å². The number of alkyl halides is 3. The highest BCUT2D eigenvalue weighted by molar-refractivity contribution is 5.96. The van der Waals surface area contributed by atoms with Gasteiger partial charge in [0.1, 0.15) is 0 Å². The molecule has 1 aromatic heterocycles. The Labute approximate surface area is 188 Å². The van der Waals surface area contributed by atoms with Gasteiger partial charge in [-0.05, 0) is 43.5 Å². The van der Waals surface area contributed by atoms with E-state index in [0.29, 0.717) is 30.3 Å². The van der Waals surface area contributed by atoms with Crippen LogP contribution in [0, 0.1) is 0 Å². The van der Waals surface area contributed by atoms with E-state index in [9.17, 15) is 27.9 Å². The maximum atomic E-state index is 13.5. The van der Waals surface area contributed by atoms with Gasteiger partial charge in [0.25, 0.3) is 5.91 Å². The highest BCUT2D eigenvalue weighted by Crippen LogP contribution is 2.32. The van der Waals surface area contributed by atoms with Crippen LogP contribution in [0.25, 0.3) is 11.0 Å². The minimum absolute atomic E-state index is 0.0101. The number of aryl methyl sites for hydroxylation is 1. The van der Waals surface area contributed by atoms with Gasteiger partial charge in [0.15, 0.2) is 5.78 Å². The van der Waals surface area contributed by atoms with Crippen molar-refractivity contribution in [2.75, 3.05) is 6.61 Å². The van der Waals surface area contributed by atoms with Crippen LogP contribution in [0.5, 0.6) is 0 Å². The molecule has 1 fully saturated rings. The van der Waals surface area contributed by atoms with Crippen LogP contribution >= 0.6 is 0 Å². The third-order valence-corrected chi connectivity index (χ3v) is 5.93. The SMILES string of the molecule is O=C(N=c1n(CCCO)c2ccccc2n1C1CCCCC1=O)c1ccccc1C(F)(F)F. The number of benzene rings is 2. The van der Waals surface area contributed by atoms with Crippen LogP contribution in [0.15, 0.2) is 53.5 Å². The number of nitrogens with zero attached hydrogens (tertiary/aromatic N) is 3. The fraction of sp³-hybridized carbons (Fsp3) is 0.375. The Hall–Kier alpha value is -3.20. The smallest absolute Gasteiger partial charge is 0.396 e. The van der Waals surface area contributed by atoms with Gasteiger partial charge in [-0.2, -0.15) is 18.2 Å². The Morgan fingerprint density at radius 3 is 2.45 bits per heavy atom. The van der Waals surface area contributed by atoms with E-state index < -0.39 is 29.3 Å². The summed E-state index contributed by atoms with van der Waals surface area (Å²) in [4.78, 5) is 30.0. The summed E-state index contributed by atoms with van der Waals surface area (Å²) in [5.74, 6) is -1.02. The van der Waals surface area contributed by atoms with Crippen molar-refractivity contribution in [2.45, 2.75) is 50.9 Å². The zero-order valence-electron chi connectivity index (χ0n) is 17.9. The van der Waals surface area contributed by atoms with Crippen molar-refractivity contribution >= 4 is 22.7 Å². The van der Waals surface area contributed by atoms with Gasteiger partial charge < -0.3 is 9.67 Å². The fourth-order valence-electron chi connectivity index (χ4n) is 4.42. The summed E-state index contributed by atoms with van der Waals surface area (Å²) in [5.41, 5.74) is -0.124. The molecule has 1 saturated carbocycles. The number of ketones is 1. The molecule has 1 N–H and O–H groups in total. The van der Waals surface area contributed by atoms with E-state index in [1.807, 2.05) is 6.07 Å². The maximum Gasteiger partial charge on any atom is 0.417 e. The third-order valence-electron chi connectivity index (χ3n) is 5.93. The van der Waals surface area contributed by atoms with E-state index in [2.05, 4.69) is 4.99 Å². The average Bonchev–Trinajstić information content (AvgIpc) is 3.10. The molecule has 1 unspecified atom stereocenters. The number of carbonyl (C=O) groups is 2. The number of aliphatic hydroxyl groups excluding tert-OH is 1. The third kappa shape index (κ3) is 4.50. The number of halogens is 3. The van der Waals surface area contributed by atoms with Crippen LogP contribution in [0.3, 0.4) is 0 Å². The molecule has 33 heavy (non-hydrogen) atoms. The monoisotopic (exact) mass is 459 g/mol. The predicted octanol–water partition coefficient (Wildman–Crippen LogP) is 4.27. The Balaban J connectivity index is 1.98. The van der Waals surface area contributed by atoms with Crippen molar-refractivity contribution in [2.24, 2.45) is 4.99 Å². The molecule has 0 spiro atoms. The largest absolute Gasteiger partial charge is 0.417 e. The maximum absolute atomic E-state index is 13.5. The van der Waals surface area contributed by atoms with Gasteiger partial charge in [-0.3, -0.25) is 14.2 Å². The lowest BCUT2D eigenvalue weighted by molar-refractivity contribution is -0.137. The zero-order valence-corrected chi connectivity index (χ0v) is 17.9. The number of fused-ring (bicyclic) bond motifs is 1. The zero-order chi connectivity index (χ0) is 23.6. The summed E-state index contributed by atoms with van der Waals surface area (Å²) >= 11 is 0. The summed E-state index contributed by atoms with van der Waals surface area (Å²) < 4.78 is 43.9. The van der Waals surface area contributed by atoms with Gasteiger partial charge in [-0.15, -0.1) is 0 Å². The number of Topliss-reactive ketones (excluding diaryl/α,β-unsaturated/α-hetero) is 1. The first-order valence-corrected chi connectivity index (χ1v) is 10.9. The summed E-state index contributed by atoms with van der Waals surface area (Å²) in [6.45, 7) is 0.178. The minimum Gasteiger partial charge on any atom is -0.396 e. The first-order chi connectivity index (χ1) is 15.8. The van der Waals surface area contributed by atoms with Gasteiger partial charge in [-0.25, -0.2) is 0 Å². The van der Waals surface area contributed by atoms with Crippen molar-refractivity contribution in [3.63, 3.8) is 0 Å². The van der Waals surface area contributed by atoms with Crippen molar-refractivity contribution in [3.8, 4) is 0 Å². The summed E-state index contributed by atoms with van der Waals surface area (Å²) in [6.07, 6.45) is -1.79. The van der Waals surface area contributed by atoms with Crippen LogP contribution in [0.4, 0.5) is 13.2 Å². The topological polar surface area (TPSA) is 76.6 Å². The summed E-state index contributed by atoms with van der Waals surface area (Å²) in [6, 6.07) is 11.2. The van der Waals surface area contributed by atoms with E-state index in [-0.39, 0.29) is 24.6 Å². The highest BCUT2D eigenvalue weighted by Gasteiger charge is 2.35. The number of para-hydroxylation sites is 2. The second kappa shape index (κ2) is 9.35. The lowest BCUT2D eigenvalue weighted by Gasteiger charge is -2.22. The molecule has 1 aliphatic rings. The summed E-state index contributed by atoms with van der Waals surface area (Å²) in [5, 5.41) is 9.38. The fourth-order valence-corrected chi connectivity index (χ4v) is 4.42. The number of aliphatic hydroxyl groups is 1. The predicted molar refractivity (Wildman–Crippen MR) is 115 cm³/mol. The molecule has 0 bridgehead atoms. The molecule has 174 valence electrons. The standard InChI is InChI=1S/C24H24F3N3O3/c25-24(26,27)17-9-2-1-8-16(17)22(33)28-23-29(14-7-15-31)18-10-3-4-11-19(18)30(23)20-12-5-6-13-21(20)32/h1-4,8-11,20,31H,5-7,12-15H2. The van der Waals surface area contributed by atoms with Crippen molar-refractivity contribution in [1.29, 1.82) is 0 Å². The molecular weight excluding hydrogens is 435 g/mol. The Bertz CT molecular complexity index is 1260. The van der Waals surface area contributed by atoms with Crippen molar-refractivity contribution in [1.82, 2.24) is 9.13 Å². The molecular formula is C24H24F3N3O3. The van der Waals surface area contributed by atoms with Crippen molar-refractivity contribution < 1.29 is 27.9 Å². The second-order valence-electron chi connectivity index (χ2n) is 8.08. The number of hydrogen-bond donors (Lipinski definition) is 1. The molecule has 1 heterocycles. The van der Waals surface area contributed by atoms with Crippen LogP contribution in [0.2, 0.25) is 0 Å². The molecule has 4 rings (SSSR count). The number of imidazole rings is 1.